The minimum absolute atomic E-state index is 0.124. The molecule has 2 rings (SSSR count). The van der Waals surface area contributed by atoms with Crippen LogP contribution in [0.4, 0.5) is 0 Å². The zero-order valence-corrected chi connectivity index (χ0v) is 15.0. The van der Waals surface area contributed by atoms with Crippen LogP contribution < -0.4 is 14.8 Å². The number of hydrogen-bond donors (Lipinski definition) is 2. The van der Waals surface area contributed by atoms with Crippen LogP contribution in [0.3, 0.4) is 0 Å². The van der Waals surface area contributed by atoms with Gasteiger partial charge >= 0.3 is 0 Å². The summed E-state index contributed by atoms with van der Waals surface area (Å²) in [6.45, 7) is 2.90. The molecule has 0 heterocycles. The molecule has 0 spiro atoms. The van der Waals surface area contributed by atoms with Gasteiger partial charge in [0.25, 0.3) is 0 Å². The lowest BCUT2D eigenvalue weighted by atomic mass is 10.1. The number of rotatable bonds is 8. The number of aliphatic hydroxyl groups is 1. The van der Waals surface area contributed by atoms with Crippen molar-refractivity contribution in [2.75, 3.05) is 13.7 Å². The fraction of sp³-hybridized carbons (Fsp3) is 0.647. The molecular formula is C17H26BrNO3. The number of hydrogen-bond acceptors (Lipinski definition) is 4. The van der Waals surface area contributed by atoms with Crippen LogP contribution in [-0.2, 0) is 6.54 Å². The molecule has 1 atom stereocenters. The van der Waals surface area contributed by atoms with Crippen molar-refractivity contribution in [1.29, 1.82) is 0 Å². The Bertz CT molecular complexity index is 471. The summed E-state index contributed by atoms with van der Waals surface area (Å²) in [5, 5.41) is 12.6. The maximum absolute atomic E-state index is 9.25. The van der Waals surface area contributed by atoms with Crippen molar-refractivity contribution in [3.63, 3.8) is 0 Å². The van der Waals surface area contributed by atoms with Crippen molar-refractivity contribution in [3.8, 4) is 11.5 Å². The average Bonchev–Trinajstić information content (AvgIpc) is 3.03. The Morgan fingerprint density at radius 3 is 2.68 bits per heavy atom. The highest BCUT2D eigenvalue weighted by atomic mass is 79.9. The maximum Gasteiger partial charge on any atom is 0.175 e. The summed E-state index contributed by atoms with van der Waals surface area (Å²) in [7, 11) is 1.67. The molecule has 2 N–H and O–H groups in total. The molecule has 1 aliphatic carbocycles. The molecule has 1 fully saturated rings. The van der Waals surface area contributed by atoms with Crippen molar-refractivity contribution in [1.82, 2.24) is 5.32 Å². The van der Waals surface area contributed by atoms with Gasteiger partial charge in [-0.3, -0.25) is 0 Å². The lowest BCUT2D eigenvalue weighted by Crippen LogP contribution is -2.31. The quantitative estimate of drug-likeness (QED) is 0.732. The van der Waals surface area contributed by atoms with E-state index in [1.54, 1.807) is 7.11 Å². The third-order valence-electron chi connectivity index (χ3n) is 4.18. The van der Waals surface area contributed by atoms with Gasteiger partial charge in [-0.1, -0.05) is 6.92 Å². The van der Waals surface area contributed by atoms with Crippen LogP contribution in [0.2, 0.25) is 0 Å². The smallest absolute Gasteiger partial charge is 0.175 e. The summed E-state index contributed by atoms with van der Waals surface area (Å²) >= 11 is 3.61. The molecule has 0 amide bonds. The number of halogens is 1. The van der Waals surface area contributed by atoms with Crippen LogP contribution in [0.1, 0.15) is 44.6 Å². The fourth-order valence-corrected chi connectivity index (χ4v) is 3.35. The van der Waals surface area contributed by atoms with Gasteiger partial charge in [0.1, 0.15) is 0 Å². The van der Waals surface area contributed by atoms with E-state index in [1.807, 2.05) is 6.07 Å². The zero-order chi connectivity index (χ0) is 15.9. The highest BCUT2D eigenvalue weighted by molar-refractivity contribution is 9.10. The lowest BCUT2D eigenvalue weighted by molar-refractivity contribution is 0.199. The van der Waals surface area contributed by atoms with E-state index in [1.165, 1.54) is 12.8 Å². The first-order valence-corrected chi connectivity index (χ1v) is 8.84. The second-order valence-corrected chi connectivity index (χ2v) is 6.66. The average molecular weight is 372 g/mol. The SMILES string of the molecule is CCC(CO)NCc1cc(Br)c(OC2CCCC2)c(OC)c1. The van der Waals surface area contributed by atoms with Gasteiger partial charge in [0.15, 0.2) is 11.5 Å². The molecule has 0 bridgehead atoms. The normalized spacial score (nSPS) is 16.7. The van der Waals surface area contributed by atoms with E-state index in [9.17, 15) is 5.11 Å². The van der Waals surface area contributed by atoms with E-state index >= 15 is 0 Å². The van der Waals surface area contributed by atoms with Crippen LogP contribution in [0, 0.1) is 0 Å². The number of methoxy groups -OCH3 is 1. The van der Waals surface area contributed by atoms with Crippen molar-refractivity contribution < 1.29 is 14.6 Å². The van der Waals surface area contributed by atoms with E-state index in [0.717, 1.165) is 40.8 Å². The van der Waals surface area contributed by atoms with Gasteiger partial charge in [-0.2, -0.15) is 0 Å². The standard InChI is InChI=1S/C17H26BrNO3/c1-3-13(11-20)19-10-12-8-15(18)17(16(9-12)21-2)22-14-6-4-5-7-14/h8-9,13-14,19-20H,3-7,10-11H2,1-2H3. The molecular weight excluding hydrogens is 346 g/mol. The first-order valence-electron chi connectivity index (χ1n) is 8.05. The Balaban J connectivity index is 2.08. The molecule has 1 unspecified atom stereocenters. The third-order valence-corrected chi connectivity index (χ3v) is 4.77. The van der Waals surface area contributed by atoms with Crippen molar-refractivity contribution in [3.05, 3.63) is 22.2 Å². The van der Waals surface area contributed by atoms with Gasteiger partial charge in [-0.05, 0) is 65.7 Å². The molecule has 1 aromatic rings. The Kier molecular flexibility index (Phi) is 6.99. The van der Waals surface area contributed by atoms with Gasteiger partial charge in [0, 0.05) is 12.6 Å². The minimum atomic E-state index is 0.124. The van der Waals surface area contributed by atoms with E-state index in [4.69, 9.17) is 9.47 Å². The Morgan fingerprint density at radius 2 is 2.09 bits per heavy atom. The van der Waals surface area contributed by atoms with E-state index in [0.29, 0.717) is 12.6 Å². The van der Waals surface area contributed by atoms with Gasteiger partial charge in [-0.15, -0.1) is 0 Å². The molecule has 5 heteroatoms. The molecule has 1 saturated carbocycles. The Morgan fingerprint density at radius 1 is 1.36 bits per heavy atom. The summed E-state index contributed by atoms with van der Waals surface area (Å²) in [6.07, 6.45) is 5.92. The van der Waals surface area contributed by atoms with E-state index in [-0.39, 0.29) is 12.6 Å². The van der Waals surface area contributed by atoms with E-state index in [2.05, 4.69) is 34.2 Å². The Hall–Kier alpha value is -0.780. The van der Waals surface area contributed by atoms with Crippen LogP contribution >= 0.6 is 15.9 Å². The van der Waals surface area contributed by atoms with E-state index < -0.39 is 0 Å². The third kappa shape index (κ3) is 4.61. The topological polar surface area (TPSA) is 50.7 Å². The zero-order valence-electron chi connectivity index (χ0n) is 13.4. The van der Waals surface area contributed by atoms with Crippen LogP contribution in [0.15, 0.2) is 16.6 Å². The second-order valence-electron chi connectivity index (χ2n) is 5.80. The van der Waals surface area contributed by atoms with Gasteiger partial charge in [0.05, 0.1) is 24.3 Å². The summed E-state index contributed by atoms with van der Waals surface area (Å²) in [5.74, 6) is 1.56. The van der Waals surface area contributed by atoms with Gasteiger partial charge in [-0.25, -0.2) is 0 Å². The molecule has 0 aliphatic heterocycles. The first kappa shape index (κ1) is 17.6. The van der Waals surface area contributed by atoms with Crippen molar-refractivity contribution in [2.24, 2.45) is 0 Å². The minimum Gasteiger partial charge on any atom is -0.493 e. The summed E-state index contributed by atoms with van der Waals surface area (Å²) in [4.78, 5) is 0. The maximum atomic E-state index is 9.25. The molecule has 0 saturated heterocycles. The summed E-state index contributed by atoms with van der Waals surface area (Å²) < 4.78 is 12.5. The largest absolute Gasteiger partial charge is 0.493 e. The fourth-order valence-electron chi connectivity index (χ4n) is 2.76. The van der Waals surface area contributed by atoms with Crippen LogP contribution in [-0.4, -0.2) is 31.0 Å². The van der Waals surface area contributed by atoms with Gasteiger partial charge < -0.3 is 19.9 Å². The summed E-state index contributed by atoms with van der Waals surface area (Å²) in [5.41, 5.74) is 1.11. The molecule has 0 aromatic heterocycles. The first-order chi connectivity index (χ1) is 10.7. The number of ether oxygens (including phenoxy) is 2. The molecule has 124 valence electrons. The summed E-state index contributed by atoms with van der Waals surface area (Å²) in [6, 6.07) is 4.19. The van der Waals surface area contributed by atoms with Crippen LogP contribution in [0.5, 0.6) is 11.5 Å². The second kappa shape index (κ2) is 8.75. The predicted octanol–water partition coefficient (Wildman–Crippen LogP) is 3.64. The van der Waals surface area contributed by atoms with Crippen molar-refractivity contribution >= 4 is 15.9 Å². The molecule has 1 aromatic carbocycles. The highest BCUT2D eigenvalue weighted by Crippen LogP contribution is 2.39. The Labute approximate surface area is 141 Å². The van der Waals surface area contributed by atoms with Crippen LogP contribution in [0.25, 0.3) is 0 Å². The molecule has 22 heavy (non-hydrogen) atoms. The highest BCUT2D eigenvalue weighted by Gasteiger charge is 2.20. The van der Waals surface area contributed by atoms with Gasteiger partial charge in [0.2, 0.25) is 0 Å². The predicted molar refractivity (Wildman–Crippen MR) is 91.6 cm³/mol. The van der Waals surface area contributed by atoms with Crippen molar-refractivity contribution in [2.45, 2.75) is 57.7 Å². The monoisotopic (exact) mass is 371 g/mol. The molecule has 0 radical (unpaired) electrons. The lowest BCUT2D eigenvalue weighted by Gasteiger charge is -2.19. The number of benzene rings is 1. The molecule has 4 nitrogen and oxygen atoms in total. The number of nitrogens with one attached hydrogen (secondary N) is 1. The molecule has 1 aliphatic rings. The number of aliphatic hydroxyl groups excluding tert-OH is 1.